The maximum atomic E-state index is 11.4. The summed E-state index contributed by atoms with van der Waals surface area (Å²) in [5, 5.41) is 8.60. The van der Waals surface area contributed by atoms with E-state index in [1.54, 1.807) is 13.8 Å². The molecule has 0 heterocycles. The molecule has 11 heavy (non-hydrogen) atoms. The number of rotatable bonds is 4. The van der Waals surface area contributed by atoms with Gasteiger partial charge < -0.3 is 5.11 Å². The topological polar surface area (TPSA) is 37.3 Å². The number of thioether (sulfide) groups is 1. The summed E-state index contributed by atoms with van der Waals surface area (Å²) in [4.78, 5) is 10.5. The van der Waals surface area contributed by atoms with Gasteiger partial charge in [0.1, 0.15) is 4.75 Å². The molecule has 0 aliphatic rings. The molecule has 0 saturated heterocycles. The number of carboxylic acids is 1. The predicted molar refractivity (Wildman–Crippen MR) is 44.4 cm³/mol. The second-order valence-electron chi connectivity index (χ2n) is 2.49. The number of hydrogen-bond acceptors (Lipinski definition) is 2. The molecule has 0 fully saturated rings. The van der Waals surface area contributed by atoms with Gasteiger partial charge in [-0.2, -0.15) is 0 Å². The molecule has 0 saturated carbocycles. The standard InChI is InChI=1S/C7H11FO2S/c1-7(2,6(9)10)11-5-3-4-8/h3-4H,5H2,1-2H3,(H,9,10). The summed E-state index contributed by atoms with van der Waals surface area (Å²) in [6, 6.07) is 0. The molecule has 0 aliphatic carbocycles. The minimum absolute atomic E-state index is 0.385. The number of hydrogen-bond donors (Lipinski definition) is 1. The van der Waals surface area contributed by atoms with E-state index in [0.29, 0.717) is 12.1 Å². The Bertz CT molecular complexity index is 166. The van der Waals surface area contributed by atoms with Crippen molar-refractivity contribution in [1.82, 2.24) is 0 Å². The molecule has 0 aromatic heterocycles. The average molecular weight is 178 g/mol. The lowest BCUT2D eigenvalue weighted by Gasteiger charge is -2.16. The highest BCUT2D eigenvalue weighted by Crippen LogP contribution is 2.24. The van der Waals surface area contributed by atoms with Gasteiger partial charge in [0.05, 0.1) is 6.33 Å². The van der Waals surface area contributed by atoms with Gasteiger partial charge >= 0.3 is 5.97 Å². The summed E-state index contributed by atoms with van der Waals surface area (Å²) in [5.41, 5.74) is 0. The van der Waals surface area contributed by atoms with Crippen LogP contribution in [0.25, 0.3) is 0 Å². The van der Waals surface area contributed by atoms with Crippen LogP contribution >= 0.6 is 11.8 Å². The van der Waals surface area contributed by atoms with Gasteiger partial charge in [-0.25, -0.2) is 4.39 Å². The quantitative estimate of drug-likeness (QED) is 0.716. The van der Waals surface area contributed by atoms with Crippen LogP contribution < -0.4 is 0 Å². The van der Waals surface area contributed by atoms with E-state index in [2.05, 4.69) is 0 Å². The van der Waals surface area contributed by atoms with Crippen molar-refractivity contribution in [3.8, 4) is 0 Å². The van der Waals surface area contributed by atoms with Crippen molar-refractivity contribution in [3.63, 3.8) is 0 Å². The van der Waals surface area contributed by atoms with Crippen LogP contribution in [0.1, 0.15) is 13.8 Å². The molecule has 1 N–H and O–H groups in total. The largest absolute Gasteiger partial charge is 0.480 e. The van der Waals surface area contributed by atoms with Gasteiger partial charge in [-0.3, -0.25) is 4.79 Å². The Morgan fingerprint density at radius 3 is 2.64 bits per heavy atom. The fourth-order valence-corrected chi connectivity index (χ4v) is 1.06. The minimum Gasteiger partial charge on any atom is -0.480 e. The van der Waals surface area contributed by atoms with Crippen molar-refractivity contribution in [3.05, 3.63) is 12.4 Å². The van der Waals surface area contributed by atoms with Crippen LogP contribution in [-0.2, 0) is 4.79 Å². The summed E-state index contributed by atoms with van der Waals surface area (Å²) in [5.74, 6) is -0.495. The molecule has 0 aliphatic heterocycles. The molecule has 0 bridgehead atoms. The molecular weight excluding hydrogens is 167 g/mol. The first kappa shape index (κ1) is 10.5. The van der Waals surface area contributed by atoms with Gasteiger partial charge in [0, 0.05) is 5.75 Å². The molecule has 4 heteroatoms. The first-order valence-corrected chi connectivity index (χ1v) is 4.12. The Balaban J connectivity index is 3.82. The van der Waals surface area contributed by atoms with E-state index < -0.39 is 10.7 Å². The maximum Gasteiger partial charge on any atom is 0.319 e. The van der Waals surface area contributed by atoms with Gasteiger partial charge in [-0.15, -0.1) is 11.8 Å². The van der Waals surface area contributed by atoms with Crippen LogP contribution in [0.4, 0.5) is 4.39 Å². The smallest absolute Gasteiger partial charge is 0.319 e. The zero-order valence-corrected chi connectivity index (χ0v) is 7.32. The zero-order valence-electron chi connectivity index (χ0n) is 6.50. The number of carboxylic acid groups (broad SMARTS) is 1. The maximum absolute atomic E-state index is 11.4. The minimum atomic E-state index is -0.880. The number of aliphatic carboxylic acids is 1. The summed E-state index contributed by atoms with van der Waals surface area (Å²) < 4.78 is 10.6. The van der Waals surface area contributed by atoms with Crippen molar-refractivity contribution >= 4 is 17.7 Å². The Morgan fingerprint density at radius 1 is 1.73 bits per heavy atom. The highest BCUT2D eigenvalue weighted by Gasteiger charge is 2.26. The SMILES string of the molecule is CC(C)(SCC=CF)C(=O)O. The molecule has 0 radical (unpaired) electrons. The average Bonchev–Trinajstić information content (AvgIpc) is 1.88. The molecular formula is C7H11FO2S. The third-order valence-electron chi connectivity index (χ3n) is 1.14. The monoisotopic (exact) mass is 178 g/mol. The van der Waals surface area contributed by atoms with Gasteiger partial charge in [0.2, 0.25) is 0 Å². The summed E-state index contributed by atoms with van der Waals surface area (Å²) in [6.45, 7) is 3.18. The normalized spacial score (nSPS) is 12.3. The van der Waals surface area contributed by atoms with Gasteiger partial charge in [-0.1, -0.05) is 0 Å². The second kappa shape index (κ2) is 4.38. The molecule has 0 aromatic rings. The Morgan fingerprint density at radius 2 is 2.27 bits per heavy atom. The van der Waals surface area contributed by atoms with Crippen molar-refractivity contribution in [2.45, 2.75) is 18.6 Å². The molecule has 0 unspecified atom stereocenters. The third kappa shape index (κ3) is 4.03. The fourth-order valence-electron chi connectivity index (χ4n) is 0.355. The van der Waals surface area contributed by atoms with Crippen molar-refractivity contribution in [1.29, 1.82) is 0 Å². The Kier molecular flexibility index (Phi) is 4.18. The predicted octanol–water partition coefficient (Wildman–Crippen LogP) is 2.07. The second-order valence-corrected chi connectivity index (χ2v) is 4.13. The van der Waals surface area contributed by atoms with E-state index >= 15 is 0 Å². The molecule has 64 valence electrons. The lowest BCUT2D eigenvalue weighted by Crippen LogP contribution is -2.27. The molecule has 0 amide bonds. The summed E-state index contributed by atoms with van der Waals surface area (Å²) >= 11 is 1.19. The number of carbonyl (C=O) groups is 1. The molecule has 0 atom stereocenters. The van der Waals surface area contributed by atoms with E-state index in [0.717, 1.165) is 0 Å². The van der Waals surface area contributed by atoms with Gasteiger partial charge in [0.15, 0.2) is 0 Å². The van der Waals surface area contributed by atoms with Gasteiger partial charge in [-0.05, 0) is 19.9 Å². The third-order valence-corrected chi connectivity index (χ3v) is 2.40. The van der Waals surface area contributed by atoms with Crippen LogP contribution in [0, 0.1) is 0 Å². The van der Waals surface area contributed by atoms with Crippen LogP contribution in [0.5, 0.6) is 0 Å². The first-order valence-electron chi connectivity index (χ1n) is 3.13. The number of halogens is 1. The van der Waals surface area contributed by atoms with E-state index in [-0.39, 0.29) is 0 Å². The summed E-state index contributed by atoms with van der Waals surface area (Å²) in [6.07, 6.45) is 1.71. The lowest BCUT2D eigenvalue weighted by atomic mass is 10.2. The molecule has 0 rings (SSSR count). The van der Waals surface area contributed by atoms with E-state index in [9.17, 15) is 9.18 Å². The fraction of sp³-hybridized carbons (Fsp3) is 0.571. The van der Waals surface area contributed by atoms with E-state index in [4.69, 9.17) is 5.11 Å². The van der Waals surface area contributed by atoms with Crippen molar-refractivity contribution < 1.29 is 14.3 Å². The van der Waals surface area contributed by atoms with Crippen molar-refractivity contribution in [2.24, 2.45) is 0 Å². The molecule has 2 nitrogen and oxygen atoms in total. The zero-order chi connectivity index (χ0) is 8.91. The van der Waals surface area contributed by atoms with Gasteiger partial charge in [0.25, 0.3) is 0 Å². The van der Waals surface area contributed by atoms with E-state index in [1.165, 1.54) is 17.8 Å². The Hall–Kier alpha value is -0.510. The Labute approximate surface area is 69.5 Å². The van der Waals surface area contributed by atoms with Crippen molar-refractivity contribution in [2.75, 3.05) is 5.75 Å². The van der Waals surface area contributed by atoms with Crippen LogP contribution in [0.2, 0.25) is 0 Å². The summed E-state index contributed by atoms with van der Waals surface area (Å²) in [7, 11) is 0. The van der Waals surface area contributed by atoms with Crippen LogP contribution in [0.15, 0.2) is 12.4 Å². The highest BCUT2D eigenvalue weighted by atomic mass is 32.2. The van der Waals surface area contributed by atoms with Crippen LogP contribution in [-0.4, -0.2) is 21.6 Å². The highest BCUT2D eigenvalue weighted by molar-refractivity contribution is 8.01. The van der Waals surface area contributed by atoms with Crippen LogP contribution in [0.3, 0.4) is 0 Å². The van der Waals surface area contributed by atoms with E-state index in [1.807, 2.05) is 0 Å². The molecule has 0 spiro atoms. The molecule has 0 aromatic carbocycles. The first-order chi connectivity index (χ1) is 5.00. The lowest BCUT2D eigenvalue weighted by molar-refractivity contribution is -0.138.